The average molecular weight is 298 g/mol. The van der Waals surface area contributed by atoms with Gasteiger partial charge in [0.05, 0.1) is 0 Å². The van der Waals surface area contributed by atoms with Gasteiger partial charge in [-0.3, -0.25) is 0 Å². The summed E-state index contributed by atoms with van der Waals surface area (Å²) in [5.74, 6) is 1.39. The monoisotopic (exact) mass is 297 g/mol. The zero-order valence-electron chi connectivity index (χ0n) is 11.6. The van der Waals surface area contributed by atoms with Gasteiger partial charge in [-0.15, -0.1) is 11.6 Å². The molecule has 110 valence electrons. The highest BCUT2D eigenvalue weighted by Crippen LogP contribution is 2.29. The summed E-state index contributed by atoms with van der Waals surface area (Å²) in [6, 6.07) is 4.77. The van der Waals surface area contributed by atoms with E-state index in [0.29, 0.717) is 5.38 Å². The average Bonchev–Trinajstić information content (AvgIpc) is 2.83. The number of nitrogens with one attached hydrogen (secondary N) is 1. The maximum atomic E-state index is 13.1. The van der Waals surface area contributed by atoms with Gasteiger partial charge in [0.1, 0.15) is 17.7 Å². The Morgan fingerprint density at radius 2 is 2.00 bits per heavy atom. The fraction of sp³-hybridized carbons (Fsp3) is 0.625. The molecule has 20 heavy (non-hydrogen) atoms. The van der Waals surface area contributed by atoms with Crippen LogP contribution in [0.25, 0.3) is 0 Å². The first-order valence-corrected chi connectivity index (χ1v) is 7.94. The van der Waals surface area contributed by atoms with E-state index in [1.54, 1.807) is 12.1 Å². The Hall–Kier alpha value is -0.800. The van der Waals surface area contributed by atoms with Gasteiger partial charge >= 0.3 is 0 Å². The van der Waals surface area contributed by atoms with Crippen molar-refractivity contribution in [2.24, 2.45) is 5.92 Å². The Kier molecular flexibility index (Phi) is 4.47. The molecule has 1 heterocycles. The highest BCUT2D eigenvalue weighted by Gasteiger charge is 2.24. The van der Waals surface area contributed by atoms with Crippen LogP contribution >= 0.6 is 11.6 Å². The van der Waals surface area contributed by atoms with Crippen molar-refractivity contribution in [2.75, 3.05) is 13.1 Å². The van der Waals surface area contributed by atoms with Crippen molar-refractivity contribution in [3.05, 3.63) is 29.6 Å². The molecule has 0 spiro atoms. The molecule has 0 bridgehead atoms. The molecule has 1 unspecified atom stereocenters. The molecule has 0 amide bonds. The Labute approximate surface area is 124 Å². The normalized spacial score (nSPS) is 29.0. The minimum Gasteiger partial charge on any atom is -0.488 e. The fourth-order valence-corrected chi connectivity index (χ4v) is 3.43. The van der Waals surface area contributed by atoms with Gasteiger partial charge in [0, 0.05) is 23.9 Å². The molecule has 1 aromatic rings. The molecule has 1 aliphatic carbocycles. The maximum Gasteiger partial charge on any atom is 0.123 e. The molecule has 0 radical (unpaired) electrons. The molecule has 1 N–H and O–H groups in total. The highest BCUT2D eigenvalue weighted by atomic mass is 35.5. The molecule has 2 aliphatic rings. The molecule has 1 saturated carbocycles. The lowest BCUT2D eigenvalue weighted by Crippen LogP contribution is -2.34. The molecule has 0 aromatic heterocycles. The third-order valence-corrected chi connectivity index (χ3v) is 4.78. The minimum atomic E-state index is -0.182. The Balaban J connectivity index is 1.40. The van der Waals surface area contributed by atoms with Crippen LogP contribution in [0.5, 0.6) is 5.75 Å². The first-order chi connectivity index (χ1) is 9.70. The Morgan fingerprint density at radius 3 is 2.80 bits per heavy atom. The van der Waals surface area contributed by atoms with E-state index < -0.39 is 0 Å². The van der Waals surface area contributed by atoms with Crippen LogP contribution in [-0.4, -0.2) is 24.6 Å². The summed E-state index contributed by atoms with van der Waals surface area (Å²) < 4.78 is 19.0. The third kappa shape index (κ3) is 3.44. The number of halogens is 2. The predicted molar refractivity (Wildman–Crippen MR) is 79.0 cm³/mol. The van der Waals surface area contributed by atoms with Crippen LogP contribution in [0.3, 0.4) is 0 Å². The smallest absolute Gasteiger partial charge is 0.123 e. The van der Waals surface area contributed by atoms with Crippen LogP contribution in [0, 0.1) is 11.7 Å². The van der Waals surface area contributed by atoms with E-state index in [-0.39, 0.29) is 11.9 Å². The van der Waals surface area contributed by atoms with Crippen molar-refractivity contribution >= 4 is 11.6 Å². The molecule has 2 nitrogen and oxygen atoms in total. The largest absolute Gasteiger partial charge is 0.488 e. The highest BCUT2D eigenvalue weighted by molar-refractivity contribution is 6.20. The van der Waals surface area contributed by atoms with Crippen LogP contribution in [0.1, 0.15) is 31.2 Å². The summed E-state index contributed by atoms with van der Waals surface area (Å²) in [6.45, 7) is 1.87. The van der Waals surface area contributed by atoms with Gasteiger partial charge in [-0.05, 0) is 56.3 Å². The summed E-state index contributed by atoms with van der Waals surface area (Å²) >= 11 is 6.11. The predicted octanol–water partition coefficient (Wildman–Crippen LogP) is 3.52. The number of rotatable bonds is 4. The van der Waals surface area contributed by atoms with Crippen molar-refractivity contribution in [1.82, 2.24) is 5.32 Å². The van der Waals surface area contributed by atoms with Gasteiger partial charge in [0.15, 0.2) is 0 Å². The standard InChI is InChI=1S/C16H21ClFNO/c17-13-3-1-11(2-4-13)9-19-10-15-8-12-7-14(18)5-6-16(12)20-15/h5-7,11,13,15,19H,1-4,8-10H2. The van der Waals surface area contributed by atoms with E-state index >= 15 is 0 Å². The molecular formula is C16H21ClFNO. The first kappa shape index (κ1) is 14.2. The lowest BCUT2D eigenvalue weighted by atomic mass is 9.89. The summed E-state index contributed by atoms with van der Waals surface area (Å²) in [4.78, 5) is 0. The molecule has 0 saturated heterocycles. The zero-order valence-corrected chi connectivity index (χ0v) is 12.3. The number of alkyl halides is 1. The molecule has 1 atom stereocenters. The number of ether oxygens (including phenoxy) is 1. The minimum absolute atomic E-state index is 0.135. The van der Waals surface area contributed by atoms with Gasteiger partial charge in [-0.2, -0.15) is 0 Å². The molecule has 3 rings (SSSR count). The molecule has 1 fully saturated rings. The van der Waals surface area contributed by atoms with Crippen LogP contribution in [0.2, 0.25) is 0 Å². The van der Waals surface area contributed by atoms with Crippen molar-refractivity contribution in [3.63, 3.8) is 0 Å². The van der Waals surface area contributed by atoms with Crippen LogP contribution in [0.15, 0.2) is 18.2 Å². The van der Waals surface area contributed by atoms with Crippen molar-refractivity contribution in [1.29, 1.82) is 0 Å². The summed E-state index contributed by atoms with van der Waals surface area (Å²) in [5, 5.41) is 3.88. The number of hydrogen-bond donors (Lipinski definition) is 1. The van der Waals surface area contributed by atoms with E-state index in [9.17, 15) is 4.39 Å². The Bertz CT molecular complexity index is 460. The molecule has 4 heteroatoms. The van der Waals surface area contributed by atoms with Crippen LogP contribution < -0.4 is 10.1 Å². The summed E-state index contributed by atoms with van der Waals surface area (Å²) in [5.41, 5.74) is 0.986. The van der Waals surface area contributed by atoms with E-state index in [4.69, 9.17) is 16.3 Å². The van der Waals surface area contributed by atoms with Crippen LogP contribution in [0.4, 0.5) is 4.39 Å². The second-order valence-corrected chi connectivity index (χ2v) is 6.59. The third-order valence-electron chi connectivity index (χ3n) is 4.35. The van der Waals surface area contributed by atoms with E-state index in [0.717, 1.165) is 49.6 Å². The lowest BCUT2D eigenvalue weighted by Gasteiger charge is -2.25. The summed E-state index contributed by atoms with van der Waals surface area (Å²) in [6.07, 6.45) is 5.65. The molecule has 1 aromatic carbocycles. The Morgan fingerprint density at radius 1 is 1.20 bits per heavy atom. The summed E-state index contributed by atoms with van der Waals surface area (Å²) in [7, 11) is 0. The zero-order chi connectivity index (χ0) is 13.9. The quantitative estimate of drug-likeness (QED) is 0.859. The molecular weight excluding hydrogens is 277 g/mol. The van der Waals surface area contributed by atoms with Gasteiger partial charge < -0.3 is 10.1 Å². The van der Waals surface area contributed by atoms with E-state index in [1.165, 1.54) is 18.9 Å². The van der Waals surface area contributed by atoms with Crippen molar-refractivity contribution in [3.8, 4) is 5.75 Å². The van der Waals surface area contributed by atoms with Gasteiger partial charge in [0.2, 0.25) is 0 Å². The van der Waals surface area contributed by atoms with Gasteiger partial charge in [-0.25, -0.2) is 4.39 Å². The maximum absolute atomic E-state index is 13.1. The fourth-order valence-electron chi connectivity index (χ4n) is 3.18. The number of benzene rings is 1. The number of fused-ring (bicyclic) bond motifs is 1. The van der Waals surface area contributed by atoms with Crippen molar-refractivity contribution < 1.29 is 9.13 Å². The van der Waals surface area contributed by atoms with Gasteiger partial charge in [-0.1, -0.05) is 0 Å². The first-order valence-electron chi connectivity index (χ1n) is 7.50. The SMILES string of the molecule is Fc1ccc2c(c1)CC(CNCC1CCC(Cl)CC1)O2. The second kappa shape index (κ2) is 6.31. The van der Waals surface area contributed by atoms with Crippen LogP contribution in [-0.2, 0) is 6.42 Å². The molecule has 1 aliphatic heterocycles. The lowest BCUT2D eigenvalue weighted by molar-refractivity contribution is 0.221. The van der Waals surface area contributed by atoms with E-state index in [2.05, 4.69) is 5.32 Å². The topological polar surface area (TPSA) is 21.3 Å². The number of hydrogen-bond acceptors (Lipinski definition) is 2. The van der Waals surface area contributed by atoms with E-state index in [1.807, 2.05) is 0 Å². The van der Waals surface area contributed by atoms with Gasteiger partial charge in [0.25, 0.3) is 0 Å². The second-order valence-electron chi connectivity index (χ2n) is 5.97. The van der Waals surface area contributed by atoms with Crippen molar-refractivity contribution in [2.45, 2.75) is 43.6 Å².